The molecule has 2 aliphatic heterocycles. The molecule has 102 valence electrons. The lowest BCUT2D eigenvalue weighted by molar-refractivity contribution is -0.132. The maximum absolute atomic E-state index is 12.1. The molecule has 0 saturated carbocycles. The van der Waals surface area contributed by atoms with Crippen LogP contribution >= 0.6 is 0 Å². The molecule has 0 aliphatic carbocycles. The third-order valence-corrected chi connectivity index (χ3v) is 3.51. The van der Waals surface area contributed by atoms with Gasteiger partial charge in [0.05, 0.1) is 6.54 Å². The summed E-state index contributed by atoms with van der Waals surface area (Å²) in [4.78, 5) is 27.1. The molecule has 1 atom stereocenters. The molecule has 0 aromatic carbocycles. The van der Waals surface area contributed by atoms with Gasteiger partial charge in [-0.25, -0.2) is 0 Å². The van der Waals surface area contributed by atoms with E-state index in [-0.39, 0.29) is 17.9 Å². The molecule has 2 N–H and O–H groups in total. The molecule has 0 aromatic rings. The molecular formula is C12H22N4O2. The van der Waals surface area contributed by atoms with Crippen LogP contribution in [0.4, 0.5) is 0 Å². The number of rotatable bonds is 3. The normalized spacial score (nSPS) is 25.2. The van der Waals surface area contributed by atoms with Gasteiger partial charge < -0.3 is 15.5 Å². The fraction of sp³-hybridized carbons (Fsp3) is 0.833. The summed E-state index contributed by atoms with van der Waals surface area (Å²) in [5.74, 6) is 0.218. The lowest BCUT2D eigenvalue weighted by Gasteiger charge is -2.29. The van der Waals surface area contributed by atoms with E-state index in [9.17, 15) is 9.59 Å². The zero-order chi connectivity index (χ0) is 13.0. The first-order valence-corrected chi connectivity index (χ1v) is 6.63. The molecule has 0 spiro atoms. The Morgan fingerprint density at radius 3 is 2.67 bits per heavy atom. The molecule has 2 saturated heterocycles. The van der Waals surface area contributed by atoms with Crippen molar-refractivity contribution in [2.75, 3.05) is 45.8 Å². The minimum atomic E-state index is 0.00952. The smallest absolute Gasteiger partial charge is 0.236 e. The van der Waals surface area contributed by atoms with E-state index in [1.165, 1.54) is 6.92 Å². The predicted octanol–water partition coefficient (Wildman–Crippen LogP) is -1.37. The Hall–Kier alpha value is -1.14. The second kappa shape index (κ2) is 6.15. The van der Waals surface area contributed by atoms with Gasteiger partial charge in [0.15, 0.2) is 0 Å². The number of nitrogens with one attached hydrogen (secondary N) is 2. The zero-order valence-corrected chi connectivity index (χ0v) is 10.9. The maximum Gasteiger partial charge on any atom is 0.236 e. The highest BCUT2D eigenvalue weighted by molar-refractivity contribution is 5.78. The van der Waals surface area contributed by atoms with Crippen LogP contribution in [0.1, 0.15) is 13.3 Å². The number of amides is 2. The van der Waals surface area contributed by atoms with Gasteiger partial charge >= 0.3 is 0 Å². The fourth-order valence-electron chi connectivity index (χ4n) is 2.59. The Morgan fingerprint density at radius 2 is 2.00 bits per heavy atom. The highest BCUT2D eigenvalue weighted by Crippen LogP contribution is 2.09. The van der Waals surface area contributed by atoms with Crippen LogP contribution in [0.2, 0.25) is 0 Å². The summed E-state index contributed by atoms with van der Waals surface area (Å²) in [5, 5.41) is 6.15. The Labute approximate surface area is 108 Å². The number of nitrogens with zero attached hydrogens (tertiary/aromatic N) is 2. The average molecular weight is 254 g/mol. The third kappa shape index (κ3) is 3.68. The molecule has 0 radical (unpaired) electrons. The molecule has 2 heterocycles. The molecule has 0 aromatic heterocycles. The lowest BCUT2D eigenvalue weighted by atomic mass is 10.2. The van der Waals surface area contributed by atoms with Crippen LogP contribution in [0.15, 0.2) is 0 Å². The van der Waals surface area contributed by atoms with Gasteiger partial charge in [-0.3, -0.25) is 14.5 Å². The van der Waals surface area contributed by atoms with Crippen molar-refractivity contribution in [3.8, 4) is 0 Å². The number of hydrogen-bond acceptors (Lipinski definition) is 4. The number of hydrogen-bond donors (Lipinski definition) is 2. The monoisotopic (exact) mass is 254 g/mol. The van der Waals surface area contributed by atoms with Gasteiger partial charge in [-0.15, -0.1) is 0 Å². The first kappa shape index (κ1) is 13.3. The van der Waals surface area contributed by atoms with Crippen LogP contribution in [-0.2, 0) is 9.59 Å². The SMILES string of the molecule is CC(=O)NC1CCN(CC(=O)N2CCNCC2)C1. The fourth-order valence-corrected chi connectivity index (χ4v) is 2.59. The number of likely N-dealkylation sites (tertiary alicyclic amines) is 1. The Kier molecular flexibility index (Phi) is 4.54. The molecule has 6 heteroatoms. The van der Waals surface area contributed by atoms with E-state index in [4.69, 9.17) is 0 Å². The van der Waals surface area contributed by atoms with Crippen LogP contribution in [0.5, 0.6) is 0 Å². The van der Waals surface area contributed by atoms with Crippen LogP contribution in [0.25, 0.3) is 0 Å². The maximum atomic E-state index is 12.1. The number of carbonyl (C=O) groups excluding carboxylic acids is 2. The summed E-state index contributed by atoms with van der Waals surface area (Å²) in [6, 6.07) is 0.207. The lowest BCUT2D eigenvalue weighted by Crippen LogP contribution is -2.49. The Morgan fingerprint density at radius 1 is 1.28 bits per heavy atom. The summed E-state index contributed by atoms with van der Waals surface area (Å²) in [6.07, 6.45) is 0.939. The van der Waals surface area contributed by atoms with Crippen molar-refractivity contribution in [2.45, 2.75) is 19.4 Å². The molecule has 1 unspecified atom stereocenters. The first-order chi connectivity index (χ1) is 8.65. The summed E-state index contributed by atoms with van der Waals surface area (Å²) >= 11 is 0. The van der Waals surface area contributed by atoms with Gasteiger partial charge in [-0.1, -0.05) is 0 Å². The quantitative estimate of drug-likeness (QED) is 0.652. The highest BCUT2D eigenvalue weighted by atomic mass is 16.2. The van der Waals surface area contributed by atoms with Gasteiger partial charge in [0, 0.05) is 52.2 Å². The molecule has 2 aliphatic rings. The van der Waals surface area contributed by atoms with Gasteiger partial charge in [0.2, 0.25) is 11.8 Å². The van der Waals surface area contributed by atoms with E-state index in [0.717, 1.165) is 45.7 Å². The van der Waals surface area contributed by atoms with E-state index in [1.807, 2.05) is 4.90 Å². The largest absolute Gasteiger partial charge is 0.352 e. The summed E-state index contributed by atoms with van der Waals surface area (Å²) in [5.41, 5.74) is 0. The minimum absolute atomic E-state index is 0.00952. The van der Waals surface area contributed by atoms with E-state index in [0.29, 0.717) is 6.54 Å². The number of piperazine rings is 1. The molecule has 2 rings (SSSR count). The second-order valence-corrected chi connectivity index (χ2v) is 5.05. The average Bonchev–Trinajstić information content (AvgIpc) is 2.76. The van der Waals surface area contributed by atoms with Crippen LogP contribution in [0.3, 0.4) is 0 Å². The van der Waals surface area contributed by atoms with E-state index < -0.39 is 0 Å². The molecule has 6 nitrogen and oxygen atoms in total. The van der Waals surface area contributed by atoms with E-state index in [2.05, 4.69) is 15.5 Å². The Bertz CT molecular complexity index is 315. The van der Waals surface area contributed by atoms with Crippen molar-refractivity contribution >= 4 is 11.8 Å². The van der Waals surface area contributed by atoms with Crippen molar-refractivity contribution < 1.29 is 9.59 Å². The van der Waals surface area contributed by atoms with Crippen molar-refractivity contribution in [3.63, 3.8) is 0 Å². The molecule has 2 fully saturated rings. The van der Waals surface area contributed by atoms with E-state index >= 15 is 0 Å². The van der Waals surface area contributed by atoms with E-state index in [1.54, 1.807) is 0 Å². The van der Waals surface area contributed by atoms with Crippen molar-refractivity contribution in [3.05, 3.63) is 0 Å². The zero-order valence-electron chi connectivity index (χ0n) is 10.9. The summed E-state index contributed by atoms with van der Waals surface area (Å²) < 4.78 is 0. The van der Waals surface area contributed by atoms with Gasteiger partial charge in [-0.2, -0.15) is 0 Å². The third-order valence-electron chi connectivity index (χ3n) is 3.51. The standard InChI is InChI=1S/C12H22N4O2/c1-10(17)14-11-2-5-15(8-11)9-12(18)16-6-3-13-4-7-16/h11,13H,2-9H2,1H3,(H,14,17). The number of carbonyl (C=O) groups is 2. The van der Waals surface area contributed by atoms with Crippen LogP contribution in [-0.4, -0.2) is 73.5 Å². The summed E-state index contributed by atoms with van der Waals surface area (Å²) in [6.45, 7) is 7.09. The molecule has 18 heavy (non-hydrogen) atoms. The van der Waals surface area contributed by atoms with Gasteiger partial charge in [-0.05, 0) is 6.42 Å². The van der Waals surface area contributed by atoms with Crippen LogP contribution in [0, 0.1) is 0 Å². The second-order valence-electron chi connectivity index (χ2n) is 5.05. The van der Waals surface area contributed by atoms with Crippen molar-refractivity contribution in [2.24, 2.45) is 0 Å². The predicted molar refractivity (Wildman–Crippen MR) is 68.1 cm³/mol. The highest BCUT2D eigenvalue weighted by Gasteiger charge is 2.26. The van der Waals surface area contributed by atoms with Crippen molar-refractivity contribution in [1.82, 2.24) is 20.4 Å². The molecule has 2 amide bonds. The van der Waals surface area contributed by atoms with Crippen molar-refractivity contribution in [1.29, 1.82) is 0 Å². The summed E-state index contributed by atoms with van der Waals surface area (Å²) in [7, 11) is 0. The Balaban J connectivity index is 1.73. The topological polar surface area (TPSA) is 64.7 Å². The minimum Gasteiger partial charge on any atom is -0.352 e. The molecule has 0 bridgehead atoms. The van der Waals surface area contributed by atoms with Gasteiger partial charge in [0.25, 0.3) is 0 Å². The molecular weight excluding hydrogens is 232 g/mol. The van der Waals surface area contributed by atoms with Gasteiger partial charge in [0.1, 0.15) is 0 Å². The van der Waals surface area contributed by atoms with Crippen LogP contribution < -0.4 is 10.6 Å². The first-order valence-electron chi connectivity index (χ1n) is 6.63.